The Morgan fingerprint density at radius 1 is 1.20 bits per heavy atom. The van der Waals surface area contributed by atoms with Crippen LogP contribution in [0, 0.1) is 5.41 Å². The summed E-state index contributed by atoms with van der Waals surface area (Å²) >= 11 is 0. The molecule has 6 nitrogen and oxygen atoms in total. The quantitative estimate of drug-likeness (QED) is 0.565. The van der Waals surface area contributed by atoms with Gasteiger partial charge in [0.25, 0.3) is 0 Å². The molecule has 0 aromatic heterocycles. The predicted octanol–water partition coefficient (Wildman–Crippen LogP) is 3.89. The molecule has 0 unspecified atom stereocenters. The number of esters is 1. The molecule has 1 fully saturated rings. The number of nitrogens with zero attached hydrogens (tertiary/aromatic N) is 1. The minimum atomic E-state index is -0.866. The monoisotopic (exact) mass is 355 g/mol. The van der Waals surface area contributed by atoms with E-state index in [4.69, 9.17) is 14.2 Å². The molecule has 0 radical (unpaired) electrons. The Morgan fingerprint density at radius 2 is 1.76 bits per heavy atom. The Kier molecular flexibility index (Phi) is 6.32. The van der Waals surface area contributed by atoms with E-state index in [-0.39, 0.29) is 18.7 Å². The molecule has 6 heteroatoms. The number of rotatable bonds is 4. The third-order valence-corrected chi connectivity index (χ3v) is 3.77. The van der Waals surface area contributed by atoms with Crippen molar-refractivity contribution >= 4 is 12.1 Å². The molecule has 1 rings (SSSR count). The first-order valence-electron chi connectivity index (χ1n) is 8.67. The smallest absolute Gasteiger partial charge is 0.413 e. The molecule has 1 aliphatic rings. The van der Waals surface area contributed by atoms with Crippen molar-refractivity contribution in [3.63, 3.8) is 0 Å². The summed E-state index contributed by atoms with van der Waals surface area (Å²) in [6.07, 6.45) is 1.48. The van der Waals surface area contributed by atoms with Crippen LogP contribution in [0.15, 0.2) is 12.7 Å². The molecule has 0 bridgehead atoms. The summed E-state index contributed by atoms with van der Waals surface area (Å²) in [6, 6.07) is -0.436. The Morgan fingerprint density at radius 3 is 2.20 bits per heavy atom. The summed E-state index contributed by atoms with van der Waals surface area (Å²) in [5, 5.41) is 0. The highest BCUT2D eigenvalue weighted by atomic mass is 16.6. The maximum atomic E-state index is 12.7. The second-order valence-electron chi connectivity index (χ2n) is 8.89. The fourth-order valence-corrected chi connectivity index (χ4v) is 2.67. The highest BCUT2D eigenvalue weighted by Gasteiger charge is 2.51. The van der Waals surface area contributed by atoms with Gasteiger partial charge in [-0.15, -0.1) is 6.58 Å². The fourth-order valence-electron chi connectivity index (χ4n) is 2.67. The van der Waals surface area contributed by atoms with E-state index < -0.39 is 28.9 Å². The van der Waals surface area contributed by atoms with Crippen LogP contribution in [0.3, 0.4) is 0 Å². The number of carbonyl (C=O) groups is 2. The van der Waals surface area contributed by atoms with E-state index in [0.717, 1.165) is 0 Å². The lowest BCUT2D eigenvalue weighted by atomic mass is 9.97. The van der Waals surface area contributed by atoms with Crippen LogP contribution in [0.1, 0.15) is 61.8 Å². The fraction of sp³-hybridized carbons (Fsp3) is 0.789. The average molecular weight is 355 g/mol. The van der Waals surface area contributed by atoms with E-state index in [1.54, 1.807) is 40.7 Å². The molecule has 144 valence electrons. The van der Waals surface area contributed by atoms with Crippen LogP contribution in [0.4, 0.5) is 4.79 Å². The molecule has 25 heavy (non-hydrogen) atoms. The van der Waals surface area contributed by atoms with Gasteiger partial charge in [-0.3, -0.25) is 9.69 Å². The first-order chi connectivity index (χ1) is 11.2. The lowest BCUT2D eigenvalue weighted by molar-refractivity contribution is -0.154. The molecule has 0 spiro atoms. The van der Waals surface area contributed by atoms with Crippen molar-refractivity contribution in [3.8, 4) is 0 Å². The van der Waals surface area contributed by atoms with Crippen molar-refractivity contribution in [2.75, 3.05) is 6.61 Å². The molecule has 1 aliphatic heterocycles. The van der Waals surface area contributed by atoms with Crippen molar-refractivity contribution in [3.05, 3.63) is 12.7 Å². The molecule has 0 N–H and O–H groups in total. The van der Waals surface area contributed by atoms with Crippen LogP contribution < -0.4 is 0 Å². The lowest BCUT2D eigenvalue weighted by Crippen LogP contribution is -2.52. The summed E-state index contributed by atoms with van der Waals surface area (Å²) in [4.78, 5) is 26.4. The molecule has 0 aliphatic carbocycles. The van der Waals surface area contributed by atoms with Gasteiger partial charge in [-0.1, -0.05) is 6.08 Å². The van der Waals surface area contributed by atoms with Crippen molar-refractivity contribution in [1.82, 2.24) is 4.90 Å². The summed E-state index contributed by atoms with van der Waals surface area (Å²) in [7, 11) is 0. The minimum Gasteiger partial charge on any atom is -0.463 e. The SMILES string of the molecule is C=CC[C@H]1OC(C)(C)N(C(=O)OC(C)(C)C)[C@H]1COC(=O)C(C)(C)C. The van der Waals surface area contributed by atoms with Gasteiger partial charge in [0.05, 0.1) is 17.6 Å². The Bertz CT molecular complexity index is 513. The molecule has 0 saturated carbocycles. The van der Waals surface area contributed by atoms with Crippen LogP contribution in [0.5, 0.6) is 0 Å². The van der Waals surface area contributed by atoms with E-state index >= 15 is 0 Å². The first kappa shape index (κ1) is 21.5. The molecule has 0 aromatic carbocycles. The van der Waals surface area contributed by atoms with E-state index in [1.807, 2.05) is 20.8 Å². The van der Waals surface area contributed by atoms with Crippen molar-refractivity contribution < 1.29 is 23.8 Å². The summed E-state index contributed by atoms with van der Waals surface area (Å²) < 4.78 is 17.0. The van der Waals surface area contributed by atoms with E-state index in [2.05, 4.69) is 6.58 Å². The topological polar surface area (TPSA) is 65.1 Å². The van der Waals surface area contributed by atoms with Gasteiger partial charge in [0.15, 0.2) is 0 Å². The van der Waals surface area contributed by atoms with Gasteiger partial charge in [0, 0.05) is 0 Å². The zero-order valence-electron chi connectivity index (χ0n) is 16.8. The third kappa shape index (κ3) is 5.73. The summed E-state index contributed by atoms with van der Waals surface area (Å²) in [5.41, 5.74) is -2.11. The second-order valence-corrected chi connectivity index (χ2v) is 8.89. The highest BCUT2D eigenvalue weighted by molar-refractivity contribution is 5.75. The van der Waals surface area contributed by atoms with Crippen LogP contribution in [-0.2, 0) is 19.0 Å². The standard InChI is InChI=1S/C19H33NO5/c1-10-11-14-13(12-23-15(21)17(2,3)4)20(19(8,9)24-14)16(22)25-18(5,6)7/h10,13-14H,1,11-12H2,2-9H3/t13-,14+/m0/s1. The molecular weight excluding hydrogens is 322 g/mol. The maximum Gasteiger partial charge on any atom is 0.413 e. The van der Waals surface area contributed by atoms with Gasteiger partial charge >= 0.3 is 12.1 Å². The number of carbonyl (C=O) groups excluding carboxylic acids is 2. The van der Waals surface area contributed by atoms with Crippen LogP contribution in [-0.4, -0.2) is 47.0 Å². The maximum absolute atomic E-state index is 12.7. The van der Waals surface area contributed by atoms with E-state index in [1.165, 1.54) is 4.90 Å². The van der Waals surface area contributed by atoms with Gasteiger partial charge < -0.3 is 14.2 Å². The Labute approximate surface area is 151 Å². The second kappa shape index (κ2) is 7.36. The largest absolute Gasteiger partial charge is 0.463 e. The number of hydrogen-bond acceptors (Lipinski definition) is 5. The van der Waals surface area contributed by atoms with Crippen molar-refractivity contribution in [2.45, 2.75) is 85.3 Å². The molecule has 2 atom stereocenters. The number of amides is 1. The Balaban J connectivity index is 3.03. The third-order valence-electron chi connectivity index (χ3n) is 3.77. The number of ether oxygens (including phenoxy) is 3. The predicted molar refractivity (Wildman–Crippen MR) is 96.0 cm³/mol. The first-order valence-corrected chi connectivity index (χ1v) is 8.67. The van der Waals surface area contributed by atoms with Gasteiger partial charge in [0.1, 0.15) is 17.9 Å². The van der Waals surface area contributed by atoms with Gasteiger partial charge in [0.2, 0.25) is 0 Å². The van der Waals surface area contributed by atoms with Gasteiger partial charge in [-0.25, -0.2) is 4.79 Å². The normalized spacial score (nSPS) is 23.3. The lowest BCUT2D eigenvalue weighted by Gasteiger charge is -2.35. The van der Waals surface area contributed by atoms with Crippen molar-refractivity contribution in [2.24, 2.45) is 5.41 Å². The molecule has 0 aromatic rings. The van der Waals surface area contributed by atoms with Crippen LogP contribution in [0.2, 0.25) is 0 Å². The molecule has 1 amide bonds. The van der Waals surface area contributed by atoms with E-state index in [9.17, 15) is 9.59 Å². The van der Waals surface area contributed by atoms with E-state index in [0.29, 0.717) is 6.42 Å². The van der Waals surface area contributed by atoms with Crippen LogP contribution in [0.25, 0.3) is 0 Å². The molecule has 1 saturated heterocycles. The molecule has 1 heterocycles. The zero-order chi connectivity index (χ0) is 19.6. The number of hydrogen-bond donors (Lipinski definition) is 0. The molecular formula is C19H33NO5. The average Bonchev–Trinajstić information content (AvgIpc) is 2.63. The Hall–Kier alpha value is -1.56. The van der Waals surface area contributed by atoms with Gasteiger partial charge in [-0.05, 0) is 61.8 Å². The summed E-state index contributed by atoms with van der Waals surface area (Å²) in [6.45, 7) is 18.2. The van der Waals surface area contributed by atoms with Crippen LogP contribution >= 0.6 is 0 Å². The zero-order valence-corrected chi connectivity index (χ0v) is 16.8. The highest BCUT2D eigenvalue weighted by Crippen LogP contribution is 2.35. The van der Waals surface area contributed by atoms with Crippen molar-refractivity contribution in [1.29, 1.82) is 0 Å². The minimum absolute atomic E-state index is 0.0529. The van der Waals surface area contributed by atoms with Gasteiger partial charge in [-0.2, -0.15) is 0 Å². The summed E-state index contributed by atoms with van der Waals surface area (Å²) in [5.74, 6) is -0.321.